The van der Waals surface area contributed by atoms with Gasteiger partial charge in [-0.3, -0.25) is 4.57 Å². The Kier molecular flexibility index (Phi) is 3.59. The van der Waals surface area contributed by atoms with Crippen molar-refractivity contribution in [2.24, 2.45) is 7.05 Å². The van der Waals surface area contributed by atoms with E-state index in [0.717, 1.165) is 23.3 Å². The van der Waals surface area contributed by atoms with Crippen molar-refractivity contribution in [1.29, 1.82) is 0 Å². The van der Waals surface area contributed by atoms with E-state index in [1.54, 1.807) is 7.05 Å². The first-order valence-corrected chi connectivity index (χ1v) is 6.18. The molecule has 2 rings (SSSR count). The summed E-state index contributed by atoms with van der Waals surface area (Å²) < 4.78 is 6.68. The number of fused-ring (bicyclic) bond motifs is 1. The zero-order valence-corrected chi connectivity index (χ0v) is 10.8. The zero-order valence-electron chi connectivity index (χ0n) is 9.93. The van der Waals surface area contributed by atoms with Crippen LogP contribution in [0.1, 0.15) is 18.0 Å². The maximum Gasteiger partial charge on any atom is 0.419 e. The number of hydrogen-bond donors (Lipinski definition) is 2. The Labute approximate surface area is 105 Å². The van der Waals surface area contributed by atoms with E-state index in [4.69, 9.17) is 4.42 Å². The lowest BCUT2D eigenvalue weighted by Crippen LogP contribution is -2.16. The summed E-state index contributed by atoms with van der Waals surface area (Å²) in [6.07, 6.45) is 0.933. The maximum atomic E-state index is 11.4. The molecule has 1 heterocycles. The molecule has 0 amide bonds. The number of nitrogens with one attached hydrogen (secondary N) is 1. The molecule has 0 saturated heterocycles. The highest BCUT2D eigenvalue weighted by atomic mass is 32.1. The third-order valence-corrected chi connectivity index (χ3v) is 3.24. The van der Waals surface area contributed by atoms with Crippen molar-refractivity contribution < 1.29 is 4.42 Å². The van der Waals surface area contributed by atoms with Gasteiger partial charge in [-0.1, -0.05) is 6.07 Å². The number of aromatic nitrogens is 1. The van der Waals surface area contributed by atoms with Crippen LogP contribution in [0.3, 0.4) is 0 Å². The highest BCUT2D eigenvalue weighted by molar-refractivity contribution is 7.80. The van der Waals surface area contributed by atoms with Crippen LogP contribution in [-0.2, 0) is 7.05 Å². The molecule has 2 aromatic rings. The Balaban J connectivity index is 2.47. The van der Waals surface area contributed by atoms with E-state index in [-0.39, 0.29) is 11.8 Å². The van der Waals surface area contributed by atoms with Crippen LogP contribution in [0.25, 0.3) is 11.1 Å². The highest BCUT2D eigenvalue weighted by Crippen LogP contribution is 2.21. The van der Waals surface area contributed by atoms with E-state index < -0.39 is 0 Å². The van der Waals surface area contributed by atoms with Crippen LogP contribution in [0.5, 0.6) is 0 Å². The fraction of sp³-hybridized carbons (Fsp3) is 0.417. The Morgan fingerprint density at radius 1 is 1.53 bits per heavy atom. The van der Waals surface area contributed by atoms with E-state index in [9.17, 15) is 4.79 Å². The monoisotopic (exact) mass is 252 g/mol. The summed E-state index contributed by atoms with van der Waals surface area (Å²) >= 11 is 4.24. The first-order chi connectivity index (χ1) is 8.17. The lowest BCUT2D eigenvalue weighted by molar-refractivity contribution is 0.526. The molecule has 0 saturated carbocycles. The quantitative estimate of drug-likeness (QED) is 0.814. The maximum absolute atomic E-state index is 11.4. The van der Waals surface area contributed by atoms with E-state index >= 15 is 0 Å². The second-order valence-electron chi connectivity index (χ2n) is 4.01. The van der Waals surface area contributed by atoms with Crippen LogP contribution in [0.2, 0.25) is 0 Å². The molecule has 0 aliphatic rings. The van der Waals surface area contributed by atoms with Crippen molar-refractivity contribution >= 4 is 23.7 Å². The smallest absolute Gasteiger partial charge is 0.408 e. The van der Waals surface area contributed by atoms with E-state index in [2.05, 4.69) is 17.9 Å². The van der Waals surface area contributed by atoms with Crippen LogP contribution < -0.4 is 11.1 Å². The predicted octanol–water partition coefficient (Wildman–Crippen LogP) is 1.71. The molecule has 0 spiro atoms. The molecular formula is C12H16N2O2S. The SMILES string of the molecule is CNC(CCS)c1ccc2c(c1)oc(=O)n2C. The molecule has 17 heavy (non-hydrogen) atoms. The fourth-order valence-electron chi connectivity index (χ4n) is 1.97. The molecule has 0 aliphatic heterocycles. The average Bonchev–Trinajstić information content (AvgIpc) is 2.61. The summed E-state index contributed by atoms with van der Waals surface area (Å²) in [5.74, 6) is 0.481. The van der Waals surface area contributed by atoms with Crippen molar-refractivity contribution in [3.05, 3.63) is 34.3 Å². The van der Waals surface area contributed by atoms with Gasteiger partial charge >= 0.3 is 5.76 Å². The minimum absolute atomic E-state index is 0.238. The molecule has 1 atom stereocenters. The number of rotatable bonds is 4. The summed E-state index contributed by atoms with van der Waals surface area (Å²) in [5.41, 5.74) is 2.57. The number of hydrogen-bond acceptors (Lipinski definition) is 4. The van der Waals surface area contributed by atoms with E-state index in [1.807, 2.05) is 25.2 Å². The zero-order chi connectivity index (χ0) is 12.4. The molecule has 1 N–H and O–H groups in total. The van der Waals surface area contributed by atoms with Gasteiger partial charge < -0.3 is 9.73 Å². The molecular weight excluding hydrogens is 236 g/mol. The number of benzene rings is 1. The van der Waals surface area contributed by atoms with Gasteiger partial charge in [-0.2, -0.15) is 12.6 Å². The van der Waals surface area contributed by atoms with Crippen LogP contribution in [0.4, 0.5) is 0 Å². The minimum Gasteiger partial charge on any atom is -0.408 e. The molecule has 1 aromatic heterocycles. The fourth-order valence-corrected chi connectivity index (χ4v) is 2.23. The van der Waals surface area contributed by atoms with E-state index in [1.165, 1.54) is 4.57 Å². The van der Waals surface area contributed by atoms with Gasteiger partial charge in [0.05, 0.1) is 5.52 Å². The average molecular weight is 252 g/mol. The van der Waals surface area contributed by atoms with Crippen molar-refractivity contribution in [1.82, 2.24) is 9.88 Å². The van der Waals surface area contributed by atoms with Gasteiger partial charge in [0, 0.05) is 13.1 Å². The second-order valence-corrected chi connectivity index (χ2v) is 4.45. The van der Waals surface area contributed by atoms with Crippen molar-refractivity contribution in [2.75, 3.05) is 12.8 Å². The minimum atomic E-state index is -0.327. The topological polar surface area (TPSA) is 47.2 Å². The van der Waals surface area contributed by atoms with Gasteiger partial charge in [-0.15, -0.1) is 0 Å². The molecule has 0 radical (unpaired) electrons. The van der Waals surface area contributed by atoms with Gasteiger partial charge in [-0.05, 0) is 36.9 Å². The van der Waals surface area contributed by atoms with Crippen molar-refractivity contribution in [3.63, 3.8) is 0 Å². The van der Waals surface area contributed by atoms with Crippen LogP contribution in [-0.4, -0.2) is 17.4 Å². The molecule has 92 valence electrons. The Bertz CT molecular complexity index is 573. The summed E-state index contributed by atoms with van der Waals surface area (Å²) in [6, 6.07) is 6.09. The van der Waals surface area contributed by atoms with Crippen LogP contribution >= 0.6 is 12.6 Å². The first-order valence-electron chi connectivity index (χ1n) is 5.55. The van der Waals surface area contributed by atoms with Crippen molar-refractivity contribution in [2.45, 2.75) is 12.5 Å². The van der Waals surface area contributed by atoms with Crippen molar-refractivity contribution in [3.8, 4) is 0 Å². The van der Waals surface area contributed by atoms with Gasteiger partial charge in [-0.25, -0.2) is 4.79 Å². The lowest BCUT2D eigenvalue weighted by atomic mass is 10.0. The van der Waals surface area contributed by atoms with Gasteiger partial charge in [0.2, 0.25) is 0 Å². The summed E-state index contributed by atoms with van der Waals surface area (Å²) in [5, 5.41) is 3.23. The summed E-state index contributed by atoms with van der Waals surface area (Å²) in [4.78, 5) is 11.4. The number of thiol groups is 1. The Morgan fingerprint density at radius 2 is 2.29 bits per heavy atom. The Morgan fingerprint density at radius 3 is 2.94 bits per heavy atom. The molecule has 0 aliphatic carbocycles. The summed E-state index contributed by atoms with van der Waals surface area (Å²) in [7, 11) is 3.62. The standard InChI is InChI=1S/C12H16N2O2S/c1-13-9(5-6-17)8-3-4-10-11(7-8)16-12(15)14(10)2/h3-4,7,9,13,17H,5-6H2,1-2H3. The third kappa shape index (κ3) is 2.25. The van der Waals surface area contributed by atoms with Crippen LogP contribution in [0, 0.1) is 0 Å². The summed E-state index contributed by atoms with van der Waals surface area (Å²) in [6.45, 7) is 0. The largest absolute Gasteiger partial charge is 0.419 e. The van der Waals surface area contributed by atoms with Gasteiger partial charge in [0.15, 0.2) is 5.58 Å². The molecule has 0 bridgehead atoms. The lowest BCUT2D eigenvalue weighted by Gasteiger charge is -2.15. The third-order valence-electron chi connectivity index (χ3n) is 2.98. The molecule has 1 aromatic carbocycles. The normalized spacial score (nSPS) is 13.1. The van der Waals surface area contributed by atoms with Gasteiger partial charge in [0.1, 0.15) is 0 Å². The van der Waals surface area contributed by atoms with E-state index in [0.29, 0.717) is 5.58 Å². The van der Waals surface area contributed by atoms with Gasteiger partial charge in [0.25, 0.3) is 0 Å². The molecule has 5 heteroatoms. The number of oxazole rings is 1. The van der Waals surface area contributed by atoms with Crippen LogP contribution in [0.15, 0.2) is 27.4 Å². The molecule has 0 fully saturated rings. The second kappa shape index (κ2) is 4.98. The number of nitrogens with zero attached hydrogens (tertiary/aromatic N) is 1. The Hall–Kier alpha value is -1.20. The number of aryl methyl sites for hydroxylation is 1. The molecule has 1 unspecified atom stereocenters. The highest BCUT2D eigenvalue weighted by Gasteiger charge is 2.11. The molecule has 4 nitrogen and oxygen atoms in total. The first kappa shape index (κ1) is 12.3. The predicted molar refractivity (Wildman–Crippen MR) is 71.7 cm³/mol.